The van der Waals surface area contributed by atoms with Gasteiger partial charge in [-0.15, -0.1) is 0 Å². The summed E-state index contributed by atoms with van der Waals surface area (Å²) >= 11 is 0. The van der Waals surface area contributed by atoms with E-state index >= 15 is 0 Å². The van der Waals surface area contributed by atoms with Gasteiger partial charge in [0.05, 0.1) is 0 Å². The van der Waals surface area contributed by atoms with Crippen molar-refractivity contribution >= 4 is 5.91 Å². The zero-order valence-corrected chi connectivity index (χ0v) is 11.5. The molecule has 0 saturated heterocycles. The fourth-order valence-corrected chi connectivity index (χ4v) is 2.21. The van der Waals surface area contributed by atoms with Crippen molar-refractivity contribution in [3.8, 4) is 5.75 Å². The summed E-state index contributed by atoms with van der Waals surface area (Å²) in [5.41, 5.74) is 0.716. The first kappa shape index (κ1) is 13.7. The molecule has 1 saturated carbocycles. The lowest BCUT2D eigenvalue weighted by atomic mass is 9.85. The Kier molecular flexibility index (Phi) is 4.61. The van der Waals surface area contributed by atoms with E-state index in [-0.39, 0.29) is 5.91 Å². The van der Waals surface area contributed by atoms with E-state index in [4.69, 9.17) is 4.74 Å². The van der Waals surface area contributed by atoms with Crippen LogP contribution in [0.3, 0.4) is 0 Å². The first-order valence-electron chi connectivity index (χ1n) is 6.80. The Hall–Kier alpha value is -1.77. The predicted octanol–water partition coefficient (Wildman–Crippen LogP) is 3.12. The van der Waals surface area contributed by atoms with Gasteiger partial charge in [-0.2, -0.15) is 0 Å². The maximum atomic E-state index is 12.2. The fourth-order valence-electron chi connectivity index (χ4n) is 2.21. The third-order valence-corrected chi connectivity index (χ3v) is 3.57. The van der Waals surface area contributed by atoms with E-state index in [1.165, 1.54) is 19.3 Å². The zero-order valence-electron chi connectivity index (χ0n) is 11.5. The lowest BCUT2D eigenvalue weighted by molar-refractivity contribution is 0.0745. The molecule has 2 rings (SSSR count). The Morgan fingerprint density at radius 3 is 2.63 bits per heavy atom. The summed E-state index contributed by atoms with van der Waals surface area (Å²) in [5.74, 6) is 1.55. The molecule has 0 heterocycles. The van der Waals surface area contributed by atoms with E-state index in [9.17, 15) is 4.79 Å². The lowest BCUT2D eigenvalue weighted by Gasteiger charge is -2.30. The van der Waals surface area contributed by atoms with Gasteiger partial charge in [0.2, 0.25) is 0 Å². The highest BCUT2D eigenvalue weighted by Gasteiger charge is 2.21. The second kappa shape index (κ2) is 6.41. The van der Waals surface area contributed by atoms with Gasteiger partial charge in [0.1, 0.15) is 12.4 Å². The molecular weight excluding hydrogens is 238 g/mol. The van der Waals surface area contributed by atoms with Crippen LogP contribution in [0.15, 0.2) is 36.9 Å². The highest BCUT2D eigenvalue weighted by molar-refractivity contribution is 5.94. The van der Waals surface area contributed by atoms with Gasteiger partial charge in [0.25, 0.3) is 5.91 Å². The smallest absolute Gasteiger partial charge is 0.253 e. The van der Waals surface area contributed by atoms with Gasteiger partial charge in [-0.25, -0.2) is 0 Å². The molecule has 0 aromatic heterocycles. The van der Waals surface area contributed by atoms with E-state index in [1.807, 2.05) is 36.2 Å². The number of hydrogen-bond donors (Lipinski definition) is 0. The summed E-state index contributed by atoms with van der Waals surface area (Å²) in [4.78, 5) is 14.0. The van der Waals surface area contributed by atoms with E-state index < -0.39 is 0 Å². The van der Waals surface area contributed by atoms with Gasteiger partial charge in [0, 0.05) is 19.2 Å². The Morgan fingerprint density at radius 1 is 1.42 bits per heavy atom. The Morgan fingerprint density at radius 2 is 2.11 bits per heavy atom. The molecule has 1 aromatic carbocycles. The normalized spacial score (nSPS) is 14.6. The molecule has 1 fully saturated rings. The third-order valence-electron chi connectivity index (χ3n) is 3.57. The van der Waals surface area contributed by atoms with Crippen LogP contribution in [0.25, 0.3) is 0 Å². The number of nitrogens with zero attached hydrogens (tertiary/aromatic N) is 1. The summed E-state index contributed by atoms with van der Waals surface area (Å²) in [7, 11) is 1.88. The molecule has 0 spiro atoms. The Bertz CT molecular complexity index is 435. The molecule has 1 aliphatic carbocycles. The van der Waals surface area contributed by atoms with Crippen LogP contribution in [0, 0.1) is 5.92 Å². The van der Waals surface area contributed by atoms with Crippen molar-refractivity contribution in [1.29, 1.82) is 0 Å². The lowest BCUT2D eigenvalue weighted by Crippen LogP contribution is -2.34. The van der Waals surface area contributed by atoms with Crippen molar-refractivity contribution in [3.05, 3.63) is 42.5 Å². The highest BCUT2D eigenvalue weighted by Crippen LogP contribution is 2.27. The second-order valence-electron chi connectivity index (χ2n) is 5.11. The van der Waals surface area contributed by atoms with Crippen LogP contribution in [0.1, 0.15) is 29.6 Å². The number of amides is 1. The molecule has 0 radical (unpaired) electrons. The standard InChI is InChI=1S/C16H21NO2/c1-3-11-19-15-9-7-14(8-10-15)16(18)17(2)12-13-5-4-6-13/h3,7-10,13H,1,4-6,11-12H2,2H3. The molecule has 0 aliphatic heterocycles. The minimum atomic E-state index is 0.0853. The zero-order chi connectivity index (χ0) is 13.7. The Labute approximate surface area is 114 Å². The average Bonchev–Trinajstić information content (AvgIpc) is 2.40. The maximum absolute atomic E-state index is 12.2. The molecular formula is C16H21NO2. The van der Waals surface area contributed by atoms with Crippen LogP contribution in [0.4, 0.5) is 0 Å². The van der Waals surface area contributed by atoms with Crippen LogP contribution in [-0.2, 0) is 0 Å². The van der Waals surface area contributed by atoms with Gasteiger partial charge in [-0.1, -0.05) is 19.1 Å². The second-order valence-corrected chi connectivity index (χ2v) is 5.11. The number of benzene rings is 1. The van der Waals surface area contributed by atoms with Crippen LogP contribution in [0.2, 0.25) is 0 Å². The first-order chi connectivity index (χ1) is 9.20. The number of carbonyl (C=O) groups is 1. The number of rotatable bonds is 6. The summed E-state index contributed by atoms with van der Waals surface area (Å²) < 4.78 is 5.40. The van der Waals surface area contributed by atoms with Gasteiger partial charge in [-0.3, -0.25) is 4.79 Å². The highest BCUT2D eigenvalue weighted by atomic mass is 16.5. The average molecular weight is 259 g/mol. The van der Waals surface area contributed by atoms with Gasteiger partial charge in [-0.05, 0) is 43.0 Å². The maximum Gasteiger partial charge on any atom is 0.253 e. The van der Waals surface area contributed by atoms with Crippen LogP contribution < -0.4 is 4.74 Å². The quantitative estimate of drug-likeness (QED) is 0.735. The first-order valence-corrected chi connectivity index (χ1v) is 6.80. The van der Waals surface area contributed by atoms with Crippen molar-refractivity contribution in [2.45, 2.75) is 19.3 Å². The van der Waals surface area contributed by atoms with Crippen LogP contribution >= 0.6 is 0 Å². The van der Waals surface area contributed by atoms with Crippen molar-refractivity contribution in [3.63, 3.8) is 0 Å². The number of ether oxygens (including phenoxy) is 1. The summed E-state index contributed by atoms with van der Waals surface area (Å²) in [6.45, 7) is 4.95. The molecule has 3 nitrogen and oxygen atoms in total. The van der Waals surface area contributed by atoms with E-state index in [0.717, 1.165) is 12.3 Å². The number of carbonyl (C=O) groups excluding carboxylic acids is 1. The molecule has 1 aromatic rings. The van der Waals surface area contributed by atoms with Crippen LogP contribution in [0.5, 0.6) is 5.75 Å². The van der Waals surface area contributed by atoms with Gasteiger partial charge < -0.3 is 9.64 Å². The number of hydrogen-bond acceptors (Lipinski definition) is 2. The van der Waals surface area contributed by atoms with E-state index in [1.54, 1.807) is 6.08 Å². The monoisotopic (exact) mass is 259 g/mol. The third kappa shape index (κ3) is 3.60. The molecule has 0 bridgehead atoms. The molecule has 0 atom stereocenters. The Balaban J connectivity index is 1.92. The van der Waals surface area contributed by atoms with Gasteiger partial charge >= 0.3 is 0 Å². The van der Waals surface area contributed by atoms with E-state index in [2.05, 4.69) is 6.58 Å². The fraction of sp³-hybridized carbons (Fsp3) is 0.438. The van der Waals surface area contributed by atoms with E-state index in [0.29, 0.717) is 18.1 Å². The SMILES string of the molecule is C=CCOc1ccc(C(=O)N(C)CC2CCC2)cc1. The van der Waals surface area contributed by atoms with Crippen LogP contribution in [-0.4, -0.2) is 31.0 Å². The van der Waals surface area contributed by atoms with Crippen molar-refractivity contribution in [1.82, 2.24) is 4.90 Å². The molecule has 0 unspecified atom stereocenters. The molecule has 102 valence electrons. The molecule has 1 aliphatic rings. The van der Waals surface area contributed by atoms with Crippen molar-refractivity contribution < 1.29 is 9.53 Å². The van der Waals surface area contributed by atoms with Gasteiger partial charge in [0.15, 0.2) is 0 Å². The van der Waals surface area contributed by atoms with Crippen molar-refractivity contribution in [2.75, 3.05) is 20.2 Å². The minimum absolute atomic E-state index is 0.0853. The largest absolute Gasteiger partial charge is 0.490 e. The minimum Gasteiger partial charge on any atom is -0.490 e. The molecule has 1 amide bonds. The molecule has 0 N–H and O–H groups in total. The topological polar surface area (TPSA) is 29.5 Å². The molecule has 3 heteroatoms. The summed E-state index contributed by atoms with van der Waals surface area (Å²) in [6.07, 6.45) is 5.52. The predicted molar refractivity (Wildman–Crippen MR) is 76.4 cm³/mol. The van der Waals surface area contributed by atoms with Crippen molar-refractivity contribution in [2.24, 2.45) is 5.92 Å². The summed E-state index contributed by atoms with van der Waals surface area (Å²) in [5, 5.41) is 0. The summed E-state index contributed by atoms with van der Waals surface area (Å²) in [6, 6.07) is 7.29. The molecule has 19 heavy (non-hydrogen) atoms.